The average molecular weight is 538 g/mol. The lowest BCUT2D eigenvalue weighted by molar-refractivity contribution is -0.129. The van der Waals surface area contributed by atoms with Crippen LogP contribution in [0.1, 0.15) is 10.4 Å². The van der Waals surface area contributed by atoms with Crippen molar-refractivity contribution >= 4 is 64.3 Å². The minimum atomic E-state index is -0.375. The van der Waals surface area contributed by atoms with Gasteiger partial charge in [-0.25, -0.2) is 0 Å². The van der Waals surface area contributed by atoms with Gasteiger partial charge in [0.25, 0.3) is 5.91 Å². The van der Waals surface area contributed by atoms with Crippen LogP contribution in [0.4, 0.5) is 22.7 Å². The normalized spacial score (nSPS) is 13.2. The molecule has 0 aromatic heterocycles. The molecule has 8 nitrogen and oxygen atoms in total. The summed E-state index contributed by atoms with van der Waals surface area (Å²) < 4.78 is 0. The van der Waals surface area contributed by atoms with Gasteiger partial charge in [0.05, 0.1) is 16.4 Å². The fourth-order valence-electron chi connectivity index (χ4n) is 4.24. The molecule has 10 heteroatoms. The lowest BCUT2D eigenvalue weighted by Gasteiger charge is -2.37. The molecule has 0 unspecified atom stereocenters. The molecule has 1 fully saturated rings. The first-order valence-corrected chi connectivity index (χ1v) is 13.3. The highest BCUT2D eigenvalue weighted by molar-refractivity contribution is 7.98. The monoisotopic (exact) mass is 537 g/mol. The van der Waals surface area contributed by atoms with Gasteiger partial charge in [0.1, 0.15) is 6.54 Å². The Balaban J connectivity index is 1.51. The molecule has 1 aliphatic heterocycles. The van der Waals surface area contributed by atoms with Gasteiger partial charge in [-0.15, -0.1) is 11.8 Å². The topological polar surface area (TPSA) is 99.0 Å². The van der Waals surface area contributed by atoms with Crippen LogP contribution in [0.3, 0.4) is 0 Å². The third-order valence-corrected chi connectivity index (χ3v) is 7.37. The van der Waals surface area contributed by atoms with Crippen LogP contribution >= 0.6 is 23.4 Å². The number of hydrogen-bond acceptors (Lipinski definition) is 6. The van der Waals surface area contributed by atoms with E-state index in [0.29, 0.717) is 54.5 Å². The molecule has 1 heterocycles. The van der Waals surface area contributed by atoms with Gasteiger partial charge in [-0.2, -0.15) is 0 Å². The van der Waals surface area contributed by atoms with Crippen LogP contribution in [-0.4, -0.2) is 62.1 Å². The summed E-state index contributed by atoms with van der Waals surface area (Å²) in [5, 5.41) is 2.92. The van der Waals surface area contributed by atoms with E-state index in [4.69, 9.17) is 17.3 Å². The van der Waals surface area contributed by atoms with Crippen molar-refractivity contribution in [3.05, 3.63) is 77.3 Å². The minimum absolute atomic E-state index is 0.136. The molecule has 0 radical (unpaired) electrons. The smallest absolute Gasteiger partial charge is 0.258 e. The summed E-state index contributed by atoms with van der Waals surface area (Å²) >= 11 is 7.74. The van der Waals surface area contributed by atoms with Crippen molar-refractivity contribution in [1.29, 1.82) is 0 Å². The number of nitrogen functional groups attached to an aromatic ring is 1. The fourth-order valence-corrected chi connectivity index (χ4v) is 4.98. The van der Waals surface area contributed by atoms with Gasteiger partial charge in [-0.05, 0) is 60.9 Å². The molecule has 3 aromatic carbocycles. The summed E-state index contributed by atoms with van der Waals surface area (Å²) in [6.07, 6.45) is 2.63. The third kappa shape index (κ3) is 6.18. The zero-order valence-corrected chi connectivity index (χ0v) is 22.0. The highest BCUT2D eigenvalue weighted by Crippen LogP contribution is 2.29. The van der Waals surface area contributed by atoms with Gasteiger partial charge < -0.3 is 20.9 Å². The first-order chi connectivity index (χ1) is 17.9. The number of benzene rings is 3. The van der Waals surface area contributed by atoms with E-state index in [1.165, 1.54) is 21.5 Å². The molecular formula is C27H28ClN5O3S. The minimum Gasteiger partial charge on any atom is -0.398 e. The zero-order chi connectivity index (χ0) is 26.4. The lowest BCUT2D eigenvalue weighted by Crippen LogP contribution is -2.52. The molecule has 192 valence electrons. The van der Waals surface area contributed by atoms with Crippen molar-refractivity contribution in [2.45, 2.75) is 4.90 Å². The lowest BCUT2D eigenvalue weighted by atomic mass is 10.1. The summed E-state index contributed by atoms with van der Waals surface area (Å²) in [5.41, 5.74) is 8.80. The largest absolute Gasteiger partial charge is 0.398 e. The molecule has 3 aromatic rings. The Morgan fingerprint density at radius 1 is 1.05 bits per heavy atom. The number of carbonyl (C=O) groups excluding carboxylic acids is 3. The van der Waals surface area contributed by atoms with Crippen molar-refractivity contribution in [2.24, 2.45) is 0 Å². The Hall–Kier alpha value is -3.69. The van der Waals surface area contributed by atoms with E-state index in [1.54, 1.807) is 53.1 Å². The van der Waals surface area contributed by atoms with Crippen LogP contribution in [0.15, 0.2) is 71.6 Å². The van der Waals surface area contributed by atoms with E-state index in [9.17, 15) is 14.4 Å². The van der Waals surface area contributed by atoms with Crippen LogP contribution in [-0.2, 0) is 9.59 Å². The third-order valence-electron chi connectivity index (χ3n) is 6.24. The van der Waals surface area contributed by atoms with Crippen molar-refractivity contribution in [1.82, 2.24) is 4.90 Å². The number of amides is 3. The highest BCUT2D eigenvalue weighted by atomic mass is 35.5. The number of halogens is 1. The number of nitrogens with zero attached hydrogens (tertiary/aromatic N) is 3. The predicted molar refractivity (Wildman–Crippen MR) is 151 cm³/mol. The van der Waals surface area contributed by atoms with E-state index in [2.05, 4.69) is 28.6 Å². The zero-order valence-electron chi connectivity index (χ0n) is 20.4. The average Bonchev–Trinajstić information content (AvgIpc) is 2.93. The highest BCUT2D eigenvalue weighted by Gasteiger charge is 2.27. The molecule has 0 saturated carbocycles. The molecule has 1 aliphatic rings. The Kier molecular flexibility index (Phi) is 8.58. The van der Waals surface area contributed by atoms with Crippen molar-refractivity contribution in [3.63, 3.8) is 0 Å². The number of rotatable bonds is 8. The molecule has 37 heavy (non-hydrogen) atoms. The molecule has 0 atom stereocenters. The Morgan fingerprint density at radius 2 is 1.76 bits per heavy atom. The Bertz CT molecular complexity index is 1280. The summed E-state index contributed by atoms with van der Waals surface area (Å²) in [6, 6.07) is 19.6. The number of carbonyl (C=O) groups is 3. The second kappa shape index (κ2) is 12.0. The molecule has 3 N–H and O–H groups in total. The molecule has 0 spiro atoms. The number of nitrogens with one attached hydrogen (secondary N) is 1. The van der Waals surface area contributed by atoms with E-state index in [1.807, 2.05) is 12.1 Å². The molecule has 0 bridgehead atoms. The molecule has 1 saturated heterocycles. The van der Waals surface area contributed by atoms with Gasteiger partial charge in [-0.3, -0.25) is 19.3 Å². The number of anilines is 4. The SMILES string of the molecule is CSc1ccccc1N1CCN(C(=O)CN(C(=O)c2ccc(Cl)c(N)c2)c2ccc(NC=O)cc2)CC1. The quantitative estimate of drug-likeness (QED) is 0.254. The Labute approximate surface area is 225 Å². The number of para-hydroxylation sites is 1. The van der Waals surface area contributed by atoms with Gasteiger partial charge >= 0.3 is 0 Å². The van der Waals surface area contributed by atoms with Crippen LogP contribution < -0.4 is 20.9 Å². The van der Waals surface area contributed by atoms with Crippen LogP contribution in [0, 0.1) is 0 Å². The summed E-state index contributed by atoms with van der Waals surface area (Å²) in [6.45, 7) is 2.39. The number of nitrogens with two attached hydrogens (primary N) is 1. The fraction of sp³-hybridized carbons (Fsp3) is 0.222. The second-order valence-electron chi connectivity index (χ2n) is 8.48. The Morgan fingerprint density at radius 3 is 2.41 bits per heavy atom. The second-order valence-corrected chi connectivity index (χ2v) is 9.73. The van der Waals surface area contributed by atoms with Crippen molar-refractivity contribution in [2.75, 3.05) is 59.8 Å². The van der Waals surface area contributed by atoms with E-state index >= 15 is 0 Å². The first kappa shape index (κ1) is 26.4. The predicted octanol–water partition coefficient (Wildman–Crippen LogP) is 4.21. The van der Waals surface area contributed by atoms with Crippen molar-refractivity contribution < 1.29 is 14.4 Å². The molecule has 4 rings (SSSR count). The van der Waals surface area contributed by atoms with Crippen LogP contribution in [0.25, 0.3) is 0 Å². The van der Waals surface area contributed by atoms with Crippen molar-refractivity contribution in [3.8, 4) is 0 Å². The molecule has 0 aliphatic carbocycles. The summed E-state index contributed by atoms with van der Waals surface area (Å²) in [5.74, 6) is -0.525. The molecular weight excluding hydrogens is 510 g/mol. The van der Waals surface area contributed by atoms with Gasteiger partial charge in [0.2, 0.25) is 12.3 Å². The number of hydrogen-bond donors (Lipinski definition) is 2. The summed E-state index contributed by atoms with van der Waals surface area (Å²) in [4.78, 5) is 44.4. The van der Waals surface area contributed by atoms with E-state index in [0.717, 1.165) is 0 Å². The van der Waals surface area contributed by atoms with E-state index < -0.39 is 0 Å². The van der Waals surface area contributed by atoms with Crippen LogP contribution in [0.5, 0.6) is 0 Å². The van der Waals surface area contributed by atoms with Crippen LogP contribution in [0.2, 0.25) is 5.02 Å². The van der Waals surface area contributed by atoms with Gasteiger partial charge in [0.15, 0.2) is 0 Å². The standard InChI is InChI=1S/C27H28ClN5O3S/c1-37-25-5-3-2-4-24(25)31-12-14-32(15-13-31)26(35)17-33(21-9-7-20(8-10-21)30-18-34)27(36)19-6-11-22(28)23(29)16-19/h2-11,16,18H,12-15,17,29H2,1H3,(H,30,34). The summed E-state index contributed by atoms with van der Waals surface area (Å²) in [7, 11) is 0. The van der Waals surface area contributed by atoms with Gasteiger partial charge in [-0.1, -0.05) is 23.7 Å². The molecule has 3 amide bonds. The number of thioether (sulfide) groups is 1. The van der Waals surface area contributed by atoms with Gasteiger partial charge in [0, 0.05) is 48.0 Å². The maximum atomic E-state index is 13.5. The maximum absolute atomic E-state index is 13.5. The maximum Gasteiger partial charge on any atom is 0.258 e. The first-order valence-electron chi connectivity index (χ1n) is 11.7. The van der Waals surface area contributed by atoms with E-state index in [-0.39, 0.29) is 24.0 Å². The number of piperazine rings is 1.